The fourth-order valence-corrected chi connectivity index (χ4v) is 2.49. The van der Waals surface area contributed by atoms with Gasteiger partial charge in [-0.15, -0.1) is 0 Å². The minimum absolute atomic E-state index is 0.442. The van der Waals surface area contributed by atoms with Crippen LogP contribution in [-0.4, -0.2) is 31.7 Å². The quantitative estimate of drug-likeness (QED) is 0.355. The van der Waals surface area contributed by atoms with Crippen molar-refractivity contribution in [1.82, 2.24) is 10.7 Å². The van der Waals surface area contributed by atoms with E-state index in [2.05, 4.69) is 37.1 Å². The molecule has 2 rings (SSSR count). The molecule has 0 bridgehead atoms. The maximum Gasteiger partial charge on any atom is 0.329 e. The minimum atomic E-state index is -0.806. The summed E-state index contributed by atoms with van der Waals surface area (Å²) in [5.41, 5.74) is 4.62. The third-order valence-corrected chi connectivity index (χ3v) is 3.99. The number of nitrogens with one attached hydrogen (secondary N) is 3. The zero-order valence-electron chi connectivity index (χ0n) is 15.1. The summed E-state index contributed by atoms with van der Waals surface area (Å²) in [5.74, 6) is -0.749. The molecule has 0 aromatic heterocycles. The first kappa shape index (κ1) is 20.4. The Bertz CT molecular complexity index is 822. The molecule has 0 spiro atoms. The number of carbonyl (C=O) groups excluding carboxylic acids is 2. The second-order valence-corrected chi connectivity index (χ2v) is 6.46. The van der Waals surface area contributed by atoms with E-state index >= 15 is 0 Å². The van der Waals surface area contributed by atoms with Gasteiger partial charge in [0.15, 0.2) is 0 Å². The van der Waals surface area contributed by atoms with Gasteiger partial charge in [0, 0.05) is 28.0 Å². The number of hydrazone groups is 1. The molecule has 7 nitrogen and oxygen atoms in total. The monoisotopic (exact) mass is 432 g/mol. The Labute approximate surface area is 166 Å². The number of hydrogen-bond donors (Lipinski definition) is 3. The summed E-state index contributed by atoms with van der Waals surface area (Å²) >= 11 is 3.42. The summed E-state index contributed by atoms with van der Waals surface area (Å²) in [4.78, 5) is 23.2. The Balaban J connectivity index is 2.08. The van der Waals surface area contributed by atoms with Crippen LogP contribution in [0, 0.1) is 0 Å². The van der Waals surface area contributed by atoms with Crippen molar-refractivity contribution in [2.75, 3.05) is 19.0 Å². The molecule has 0 fully saturated rings. The molecule has 0 aliphatic rings. The van der Waals surface area contributed by atoms with Crippen LogP contribution in [-0.2, 0) is 9.59 Å². The van der Waals surface area contributed by atoms with Gasteiger partial charge in [-0.2, -0.15) is 5.10 Å². The molecular weight excluding hydrogens is 412 g/mol. The molecule has 142 valence electrons. The SMILES string of the molecule is CCCNC(=O)C(=O)N/N=C\c1cc(Br)ccc1Nc1ccc(OC)cc1. The number of hydrogen-bond acceptors (Lipinski definition) is 5. The summed E-state index contributed by atoms with van der Waals surface area (Å²) in [7, 11) is 1.61. The zero-order valence-corrected chi connectivity index (χ0v) is 16.7. The van der Waals surface area contributed by atoms with Crippen molar-refractivity contribution < 1.29 is 14.3 Å². The number of nitrogens with zero attached hydrogens (tertiary/aromatic N) is 1. The molecule has 0 saturated heterocycles. The number of carbonyl (C=O) groups is 2. The highest BCUT2D eigenvalue weighted by Crippen LogP contribution is 2.24. The number of halogens is 1. The lowest BCUT2D eigenvalue weighted by Gasteiger charge is -2.11. The fraction of sp³-hybridized carbons (Fsp3) is 0.211. The first-order valence-corrected chi connectivity index (χ1v) is 9.14. The van der Waals surface area contributed by atoms with E-state index in [-0.39, 0.29) is 0 Å². The molecule has 0 radical (unpaired) electrons. The van der Waals surface area contributed by atoms with Crippen LogP contribution in [0.4, 0.5) is 11.4 Å². The van der Waals surface area contributed by atoms with Gasteiger partial charge < -0.3 is 15.4 Å². The Morgan fingerprint density at radius 1 is 1.15 bits per heavy atom. The molecule has 2 aromatic carbocycles. The molecule has 2 amide bonds. The smallest absolute Gasteiger partial charge is 0.329 e. The van der Waals surface area contributed by atoms with E-state index in [1.54, 1.807) is 7.11 Å². The molecule has 27 heavy (non-hydrogen) atoms. The van der Waals surface area contributed by atoms with Crippen molar-refractivity contribution in [3.63, 3.8) is 0 Å². The summed E-state index contributed by atoms with van der Waals surface area (Å²) < 4.78 is 6.01. The zero-order chi connectivity index (χ0) is 19.6. The van der Waals surface area contributed by atoms with Crippen LogP contribution in [0.3, 0.4) is 0 Å². The number of benzene rings is 2. The first-order valence-electron chi connectivity index (χ1n) is 8.35. The topological polar surface area (TPSA) is 91.8 Å². The lowest BCUT2D eigenvalue weighted by molar-refractivity contribution is -0.139. The lowest BCUT2D eigenvalue weighted by Crippen LogP contribution is -2.38. The van der Waals surface area contributed by atoms with Gasteiger partial charge in [-0.25, -0.2) is 5.43 Å². The molecule has 0 aliphatic heterocycles. The van der Waals surface area contributed by atoms with E-state index in [1.165, 1.54) is 6.21 Å². The fourth-order valence-electron chi connectivity index (χ4n) is 2.11. The molecule has 8 heteroatoms. The predicted octanol–water partition coefficient (Wildman–Crippen LogP) is 3.18. The Hall–Kier alpha value is -2.87. The maximum atomic E-state index is 11.7. The highest BCUT2D eigenvalue weighted by molar-refractivity contribution is 9.10. The second kappa shape index (κ2) is 10.3. The van der Waals surface area contributed by atoms with E-state index in [9.17, 15) is 9.59 Å². The van der Waals surface area contributed by atoms with Crippen LogP contribution < -0.4 is 20.8 Å². The van der Waals surface area contributed by atoms with Crippen molar-refractivity contribution >= 4 is 45.3 Å². The normalized spacial score (nSPS) is 10.5. The number of methoxy groups -OCH3 is 1. The van der Waals surface area contributed by atoms with Crippen LogP contribution in [0.15, 0.2) is 52.0 Å². The van der Waals surface area contributed by atoms with Crippen molar-refractivity contribution in [2.45, 2.75) is 13.3 Å². The highest BCUT2D eigenvalue weighted by atomic mass is 79.9. The Kier molecular flexibility index (Phi) is 7.81. The first-order chi connectivity index (χ1) is 13.0. The standard InChI is InChI=1S/C19H21BrN4O3/c1-3-10-21-18(25)19(26)24-22-12-13-11-14(20)4-9-17(13)23-15-5-7-16(27-2)8-6-15/h4-9,11-12,23H,3,10H2,1-2H3,(H,21,25)(H,24,26)/b22-12-. The van der Waals surface area contributed by atoms with E-state index < -0.39 is 11.8 Å². The van der Waals surface area contributed by atoms with Gasteiger partial charge in [-0.05, 0) is 48.9 Å². The van der Waals surface area contributed by atoms with Gasteiger partial charge in [0.05, 0.1) is 13.3 Å². The predicted molar refractivity (Wildman–Crippen MR) is 109 cm³/mol. The Morgan fingerprint density at radius 2 is 1.89 bits per heavy atom. The number of ether oxygens (including phenoxy) is 1. The number of anilines is 2. The average molecular weight is 433 g/mol. The third-order valence-electron chi connectivity index (χ3n) is 3.49. The minimum Gasteiger partial charge on any atom is -0.497 e. The van der Waals surface area contributed by atoms with Crippen LogP contribution in [0.5, 0.6) is 5.75 Å². The molecule has 3 N–H and O–H groups in total. The van der Waals surface area contributed by atoms with Crippen LogP contribution in [0.1, 0.15) is 18.9 Å². The number of rotatable bonds is 7. The van der Waals surface area contributed by atoms with Gasteiger partial charge in [0.25, 0.3) is 0 Å². The Morgan fingerprint density at radius 3 is 2.56 bits per heavy atom. The van der Waals surface area contributed by atoms with Crippen LogP contribution in [0.25, 0.3) is 0 Å². The molecule has 0 atom stereocenters. The molecule has 0 saturated carbocycles. The molecule has 0 heterocycles. The van der Waals surface area contributed by atoms with Crippen LogP contribution >= 0.6 is 15.9 Å². The summed E-state index contributed by atoms with van der Waals surface area (Å²) in [6.07, 6.45) is 2.22. The highest BCUT2D eigenvalue weighted by Gasteiger charge is 2.11. The molecule has 2 aromatic rings. The summed E-state index contributed by atoms with van der Waals surface area (Å²) in [6, 6.07) is 13.1. The van der Waals surface area contributed by atoms with Gasteiger partial charge >= 0.3 is 11.8 Å². The lowest BCUT2D eigenvalue weighted by atomic mass is 10.2. The van der Waals surface area contributed by atoms with Gasteiger partial charge in [0.1, 0.15) is 5.75 Å². The molecule has 0 aliphatic carbocycles. The third kappa shape index (κ3) is 6.41. The maximum absolute atomic E-state index is 11.7. The number of amides is 2. The van der Waals surface area contributed by atoms with Gasteiger partial charge in [-0.3, -0.25) is 9.59 Å². The second-order valence-electron chi connectivity index (χ2n) is 5.54. The van der Waals surface area contributed by atoms with Crippen molar-refractivity contribution in [3.05, 3.63) is 52.5 Å². The van der Waals surface area contributed by atoms with E-state index in [4.69, 9.17) is 4.74 Å². The van der Waals surface area contributed by atoms with Gasteiger partial charge in [-0.1, -0.05) is 22.9 Å². The van der Waals surface area contributed by atoms with E-state index in [0.29, 0.717) is 6.54 Å². The van der Waals surface area contributed by atoms with Crippen molar-refractivity contribution in [3.8, 4) is 5.75 Å². The largest absolute Gasteiger partial charge is 0.497 e. The average Bonchev–Trinajstić information content (AvgIpc) is 2.68. The van der Waals surface area contributed by atoms with Crippen molar-refractivity contribution in [2.24, 2.45) is 5.10 Å². The molecule has 0 unspecified atom stereocenters. The summed E-state index contributed by atoms with van der Waals surface area (Å²) in [5, 5.41) is 9.64. The molecular formula is C19H21BrN4O3. The van der Waals surface area contributed by atoms with E-state index in [1.807, 2.05) is 49.4 Å². The van der Waals surface area contributed by atoms with E-state index in [0.717, 1.165) is 33.6 Å². The van der Waals surface area contributed by atoms with Crippen LogP contribution in [0.2, 0.25) is 0 Å². The van der Waals surface area contributed by atoms with Gasteiger partial charge in [0.2, 0.25) is 0 Å². The van der Waals surface area contributed by atoms with Crippen molar-refractivity contribution in [1.29, 1.82) is 0 Å². The summed E-state index contributed by atoms with van der Waals surface area (Å²) in [6.45, 7) is 2.35.